The van der Waals surface area contributed by atoms with Crippen molar-refractivity contribution in [2.45, 2.75) is 13.3 Å². The van der Waals surface area contributed by atoms with Gasteiger partial charge in [-0.3, -0.25) is 4.79 Å². The first-order valence-corrected chi connectivity index (χ1v) is 8.51. The number of aromatic nitrogens is 2. The van der Waals surface area contributed by atoms with Crippen molar-refractivity contribution in [3.05, 3.63) is 59.5 Å². The third-order valence-corrected chi connectivity index (χ3v) is 4.11. The third kappa shape index (κ3) is 4.25. The monoisotopic (exact) mass is 367 g/mol. The van der Waals surface area contributed by atoms with E-state index >= 15 is 0 Å². The standard InChI is InChI=1S/C20H21N3O4/c1-13-6-4-5-7-15(13)20-23-22-18(27-20)10-11-21-19(24)14-8-9-16(25-2)17(12-14)26-3/h4-9,12H,10-11H2,1-3H3,(H,21,24). The van der Waals surface area contributed by atoms with Gasteiger partial charge in [0.25, 0.3) is 5.91 Å². The van der Waals surface area contributed by atoms with E-state index < -0.39 is 0 Å². The number of rotatable bonds is 7. The highest BCUT2D eigenvalue weighted by Gasteiger charge is 2.13. The minimum Gasteiger partial charge on any atom is -0.493 e. The molecule has 0 aliphatic carbocycles. The molecule has 7 heteroatoms. The lowest BCUT2D eigenvalue weighted by Gasteiger charge is -2.09. The third-order valence-electron chi connectivity index (χ3n) is 4.11. The Labute approximate surface area is 157 Å². The number of carbonyl (C=O) groups is 1. The molecule has 140 valence electrons. The van der Waals surface area contributed by atoms with Gasteiger partial charge in [-0.2, -0.15) is 0 Å². The lowest BCUT2D eigenvalue weighted by atomic mass is 10.1. The summed E-state index contributed by atoms with van der Waals surface area (Å²) >= 11 is 0. The van der Waals surface area contributed by atoms with Crippen LogP contribution in [-0.4, -0.2) is 36.9 Å². The lowest BCUT2D eigenvalue weighted by molar-refractivity contribution is 0.0953. The second kappa shape index (κ2) is 8.35. The summed E-state index contributed by atoms with van der Waals surface area (Å²) in [6, 6.07) is 12.8. The van der Waals surface area contributed by atoms with Gasteiger partial charge in [-0.25, -0.2) is 0 Å². The fourth-order valence-electron chi connectivity index (χ4n) is 2.64. The van der Waals surface area contributed by atoms with Crippen LogP contribution >= 0.6 is 0 Å². The van der Waals surface area contributed by atoms with Crippen molar-refractivity contribution in [3.63, 3.8) is 0 Å². The van der Waals surface area contributed by atoms with Crippen LogP contribution in [0.3, 0.4) is 0 Å². The molecule has 1 N–H and O–H groups in total. The Morgan fingerprint density at radius 1 is 1.07 bits per heavy atom. The number of benzene rings is 2. The molecule has 27 heavy (non-hydrogen) atoms. The first kappa shape index (κ1) is 18.4. The minimum absolute atomic E-state index is 0.213. The van der Waals surface area contributed by atoms with Gasteiger partial charge in [0, 0.05) is 24.1 Å². The first-order chi connectivity index (χ1) is 13.1. The molecule has 7 nitrogen and oxygen atoms in total. The summed E-state index contributed by atoms with van der Waals surface area (Å²) < 4.78 is 16.1. The second-order valence-electron chi connectivity index (χ2n) is 5.89. The lowest BCUT2D eigenvalue weighted by Crippen LogP contribution is -2.25. The minimum atomic E-state index is -0.213. The Morgan fingerprint density at radius 3 is 2.59 bits per heavy atom. The van der Waals surface area contributed by atoms with E-state index in [4.69, 9.17) is 13.9 Å². The van der Waals surface area contributed by atoms with Gasteiger partial charge in [0.1, 0.15) is 0 Å². The molecule has 0 aliphatic heterocycles. The van der Waals surface area contributed by atoms with E-state index in [9.17, 15) is 4.79 Å². The van der Waals surface area contributed by atoms with Crippen LogP contribution in [0, 0.1) is 6.92 Å². The van der Waals surface area contributed by atoms with Crippen LogP contribution in [0.15, 0.2) is 46.9 Å². The summed E-state index contributed by atoms with van der Waals surface area (Å²) in [5, 5.41) is 11.0. The van der Waals surface area contributed by atoms with Gasteiger partial charge in [0.05, 0.1) is 14.2 Å². The molecule has 0 saturated heterocycles. The predicted octanol–water partition coefficient (Wildman–Crippen LogP) is 3.03. The number of nitrogens with zero attached hydrogens (tertiary/aromatic N) is 2. The normalized spacial score (nSPS) is 10.5. The number of amides is 1. The Kier molecular flexibility index (Phi) is 5.71. The molecule has 0 aliphatic rings. The zero-order chi connectivity index (χ0) is 19.2. The zero-order valence-corrected chi connectivity index (χ0v) is 15.5. The van der Waals surface area contributed by atoms with E-state index in [0.717, 1.165) is 11.1 Å². The van der Waals surface area contributed by atoms with Crippen molar-refractivity contribution in [2.24, 2.45) is 0 Å². The van der Waals surface area contributed by atoms with Gasteiger partial charge in [-0.15, -0.1) is 10.2 Å². The highest BCUT2D eigenvalue weighted by Crippen LogP contribution is 2.27. The molecule has 0 fully saturated rings. The summed E-state index contributed by atoms with van der Waals surface area (Å²) in [6.07, 6.45) is 0.442. The molecule has 1 amide bonds. The summed E-state index contributed by atoms with van der Waals surface area (Å²) in [7, 11) is 3.08. The number of aryl methyl sites for hydroxylation is 1. The van der Waals surface area contributed by atoms with Crippen LogP contribution in [0.5, 0.6) is 11.5 Å². The molecular weight excluding hydrogens is 346 g/mol. The van der Waals surface area contributed by atoms with Crippen molar-refractivity contribution >= 4 is 5.91 Å². The zero-order valence-electron chi connectivity index (χ0n) is 15.5. The summed E-state index contributed by atoms with van der Waals surface area (Å²) in [5.74, 6) is 1.82. The van der Waals surface area contributed by atoms with Gasteiger partial charge in [0.2, 0.25) is 11.8 Å². The SMILES string of the molecule is COc1ccc(C(=O)NCCc2nnc(-c3ccccc3C)o2)cc1OC. The Bertz CT molecular complexity index is 936. The van der Waals surface area contributed by atoms with Crippen molar-refractivity contribution in [3.8, 4) is 23.0 Å². The summed E-state index contributed by atoms with van der Waals surface area (Å²) in [6.45, 7) is 2.37. The Hall–Kier alpha value is -3.35. The van der Waals surface area contributed by atoms with E-state index in [1.165, 1.54) is 7.11 Å². The van der Waals surface area contributed by atoms with Crippen molar-refractivity contribution in [1.82, 2.24) is 15.5 Å². The highest BCUT2D eigenvalue weighted by atomic mass is 16.5. The van der Waals surface area contributed by atoms with E-state index in [2.05, 4.69) is 15.5 Å². The molecule has 0 bridgehead atoms. The topological polar surface area (TPSA) is 86.5 Å². The van der Waals surface area contributed by atoms with Gasteiger partial charge < -0.3 is 19.2 Å². The van der Waals surface area contributed by atoms with Gasteiger partial charge in [-0.05, 0) is 36.8 Å². The van der Waals surface area contributed by atoms with Crippen LogP contribution in [0.25, 0.3) is 11.5 Å². The molecule has 3 rings (SSSR count). The first-order valence-electron chi connectivity index (χ1n) is 8.51. The van der Waals surface area contributed by atoms with Crippen LogP contribution < -0.4 is 14.8 Å². The Morgan fingerprint density at radius 2 is 1.85 bits per heavy atom. The summed E-state index contributed by atoms with van der Waals surface area (Å²) in [4.78, 5) is 12.3. The van der Waals surface area contributed by atoms with Gasteiger partial charge in [-0.1, -0.05) is 18.2 Å². The smallest absolute Gasteiger partial charge is 0.251 e. The van der Waals surface area contributed by atoms with E-state index in [0.29, 0.717) is 41.8 Å². The number of hydrogen-bond acceptors (Lipinski definition) is 6. The number of carbonyl (C=O) groups excluding carboxylic acids is 1. The van der Waals surface area contributed by atoms with Crippen molar-refractivity contribution < 1.29 is 18.7 Å². The van der Waals surface area contributed by atoms with E-state index in [-0.39, 0.29) is 5.91 Å². The molecule has 0 unspecified atom stereocenters. The second-order valence-corrected chi connectivity index (χ2v) is 5.89. The van der Waals surface area contributed by atoms with E-state index in [1.807, 2.05) is 31.2 Å². The molecular formula is C20H21N3O4. The number of methoxy groups -OCH3 is 2. The van der Waals surface area contributed by atoms with Crippen LogP contribution in [0.2, 0.25) is 0 Å². The van der Waals surface area contributed by atoms with Crippen molar-refractivity contribution in [2.75, 3.05) is 20.8 Å². The molecule has 0 atom stereocenters. The molecule has 3 aromatic rings. The highest BCUT2D eigenvalue weighted by molar-refractivity contribution is 5.94. The predicted molar refractivity (Wildman–Crippen MR) is 100 cm³/mol. The largest absolute Gasteiger partial charge is 0.493 e. The van der Waals surface area contributed by atoms with Gasteiger partial charge >= 0.3 is 0 Å². The molecule has 2 aromatic carbocycles. The number of nitrogens with one attached hydrogen (secondary N) is 1. The molecule has 1 heterocycles. The maximum Gasteiger partial charge on any atom is 0.251 e. The fourth-order valence-corrected chi connectivity index (χ4v) is 2.64. The van der Waals surface area contributed by atoms with Gasteiger partial charge in [0.15, 0.2) is 11.5 Å². The summed E-state index contributed by atoms with van der Waals surface area (Å²) in [5.41, 5.74) is 2.46. The number of hydrogen-bond donors (Lipinski definition) is 1. The molecule has 0 spiro atoms. The average Bonchev–Trinajstić information content (AvgIpc) is 3.16. The molecule has 1 aromatic heterocycles. The maximum absolute atomic E-state index is 12.3. The quantitative estimate of drug-likeness (QED) is 0.691. The van der Waals surface area contributed by atoms with Crippen LogP contribution in [-0.2, 0) is 6.42 Å². The van der Waals surface area contributed by atoms with Crippen LogP contribution in [0.4, 0.5) is 0 Å². The Balaban J connectivity index is 1.59. The number of ether oxygens (including phenoxy) is 2. The maximum atomic E-state index is 12.3. The van der Waals surface area contributed by atoms with E-state index in [1.54, 1.807) is 25.3 Å². The molecule has 0 radical (unpaired) electrons. The molecule has 0 saturated carbocycles. The van der Waals surface area contributed by atoms with Crippen molar-refractivity contribution in [1.29, 1.82) is 0 Å². The average molecular weight is 367 g/mol. The van der Waals surface area contributed by atoms with Crippen LogP contribution in [0.1, 0.15) is 21.8 Å². The fraction of sp³-hybridized carbons (Fsp3) is 0.250.